The third kappa shape index (κ3) is 3.66. The molecule has 2 rings (SSSR count). The van der Waals surface area contributed by atoms with Gasteiger partial charge in [-0.25, -0.2) is 0 Å². The monoisotopic (exact) mass is 334 g/mol. The molecule has 0 fully saturated rings. The summed E-state index contributed by atoms with van der Waals surface area (Å²) in [6.45, 7) is 1.98. The Balaban J connectivity index is 1.99. The largest absolute Gasteiger partial charge is 0.364 e. The molecule has 0 aromatic heterocycles. The number of benzene rings is 1. The minimum atomic E-state index is -0.528. The lowest BCUT2D eigenvalue weighted by molar-refractivity contribution is -0.115. The second kappa shape index (κ2) is 7.42. The fourth-order valence-corrected chi connectivity index (χ4v) is 2.24. The van der Waals surface area contributed by atoms with Crippen molar-refractivity contribution in [2.45, 2.75) is 13.5 Å². The Labute approximate surface area is 138 Å². The molecule has 0 spiro atoms. The van der Waals surface area contributed by atoms with E-state index in [1.165, 1.54) is 6.92 Å². The van der Waals surface area contributed by atoms with E-state index < -0.39 is 11.6 Å². The molecule has 1 aromatic carbocycles. The van der Waals surface area contributed by atoms with E-state index in [0.29, 0.717) is 6.61 Å². The SMILES string of the molecule is CC1=C(Cl)C(=O)C(C#CCOCc2ccccc2)=C(Cl)C1=O. The molecular formula is C17H12Cl2O3. The Bertz CT molecular complexity index is 734. The molecule has 112 valence electrons. The minimum absolute atomic E-state index is 0.0782. The van der Waals surface area contributed by atoms with Crippen LogP contribution in [0, 0.1) is 11.8 Å². The van der Waals surface area contributed by atoms with Crippen LogP contribution in [0.4, 0.5) is 0 Å². The van der Waals surface area contributed by atoms with Crippen LogP contribution in [0.5, 0.6) is 0 Å². The zero-order chi connectivity index (χ0) is 16.1. The molecule has 0 unspecified atom stereocenters. The number of Topliss-reactive ketones (excluding diaryl/α,β-unsaturated/α-hetero) is 2. The number of ketones is 2. The molecule has 0 saturated carbocycles. The topological polar surface area (TPSA) is 43.4 Å². The third-order valence-electron chi connectivity index (χ3n) is 3.01. The van der Waals surface area contributed by atoms with Crippen molar-refractivity contribution in [3.05, 3.63) is 57.1 Å². The van der Waals surface area contributed by atoms with E-state index in [0.717, 1.165) is 5.56 Å². The summed E-state index contributed by atoms with van der Waals surface area (Å²) in [7, 11) is 0. The number of hydrogen-bond donors (Lipinski definition) is 0. The van der Waals surface area contributed by atoms with Gasteiger partial charge in [-0.15, -0.1) is 0 Å². The van der Waals surface area contributed by atoms with Crippen molar-refractivity contribution in [2.75, 3.05) is 6.61 Å². The van der Waals surface area contributed by atoms with Crippen molar-refractivity contribution in [3.63, 3.8) is 0 Å². The van der Waals surface area contributed by atoms with Gasteiger partial charge in [0.05, 0.1) is 17.2 Å². The maximum absolute atomic E-state index is 11.9. The van der Waals surface area contributed by atoms with Crippen LogP contribution in [0.25, 0.3) is 0 Å². The summed E-state index contributed by atoms with van der Waals surface area (Å²) in [5.74, 6) is 4.25. The van der Waals surface area contributed by atoms with Crippen molar-refractivity contribution < 1.29 is 14.3 Å². The molecule has 0 atom stereocenters. The van der Waals surface area contributed by atoms with Crippen LogP contribution < -0.4 is 0 Å². The first-order valence-corrected chi connectivity index (χ1v) is 7.24. The van der Waals surface area contributed by atoms with Gasteiger partial charge < -0.3 is 4.74 Å². The van der Waals surface area contributed by atoms with Crippen LogP contribution in [0.15, 0.2) is 51.5 Å². The quantitative estimate of drug-likeness (QED) is 0.483. The maximum atomic E-state index is 11.9. The fourth-order valence-electron chi connectivity index (χ4n) is 1.79. The van der Waals surface area contributed by atoms with Gasteiger partial charge in [0.2, 0.25) is 11.6 Å². The first kappa shape index (κ1) is 16.5. The molecule has 0 saturated heterocycles. The van der Waals surface area contributed by atoms with E-state index in [1.54, 1.807) is 0 Å². The van der Waals surface area contributed by atoms with E-state index in [2.05, 4.69) is 11.8 Å². The molecule has 3 nitrogen and oxygen atoms in total. The highest BCUT2D eigenvalue weighted by atomic mass is 35.5. The molecule has 1 aliphatic rings. The standard InChI is InChI=1S/C17H12Cl2O3/c1-11-14(18)17(21)13(15(19)16(11)20)8-5-9-22-10-12-6-3-2-4-7-12/h2-4,6-7H,9-10H2,1H3. The summed E-state index contributed by atoms with van der Waals surface area (Å²) in [4.78, 5) is 23.7. The van der Waals surface area contributed by atoms with Crippen LogP contribution in [0.3, 0.4) is 0 Å². The predicted molar refractivity (Wildman–Crippen MR) is 85.3 cm³/mol. The Morgan fingerprint density at radius 3 is 2.41 bits per heavy atom. The maximum Gasteiger partial charge on any atom is 0.214 e. The third-order valence-corrected chi connectivity index (χ3v) is 3.83. The summed E-state index contributed by atoms with van der Waals surface area (Å²) >= 11 is 11.7. The number of allylic oxidation sites excluding steroid dienone is 4. The Morgan fingerprint density at radius 2 is 1.73 bits per heavy atom. The van der Waals surface area contributed by atoms with Crippen molar-refractivity contribution in [1.29, 1.82) is 0 Å². The van der Waals surface area contributed by atoms with Gasteiger partial charge in [-0.2, -0.15) is 0 Å². The van der Waals surface area contributed by atoms with Gasteiger partial charge >= 0.3 is 0 Å². The van der Waals surface area contributed by atoms with Crippen molar-refractivity contribution in [1.82, 2.24) is 0 Å². The average Bonchev–Trinajstić information content (AvgIpc) is 2.54. The minimum Gasteiger partial charge on any atom is -0.364 e. The second-order valence-electron chi connectivity index (χ2n) is 4.57. The van der Waals surface area contributed by atoms with Gasteiger partial charge in [0.25, 0.3) is 0 Å². The van der Waals surface area contributed by atoms with Gasteiger partial charge in [0.15, 0.2) is 0 Å². The summed E-state index contributed by atoms with van der Waals surface area (Å²) in [6.07, 6.45) is 0. The Morgan fingerprint density at radius 1 is 1.05 bits per heavy atom. The predicted octanol–water partition coefficient (Wildman–Crippen LogP) is 3.36. The normalized spacial score (nSPS) is 15.0. The molecule has 0 aliphatic heterocycles. The van der Waals surface area contributed by atoms with Crippen LogP contribution in [-0.2, 0) is 20.9 Å². The molecular weight excluding hydrogens is 323 g/mol. The summed E-state index contributed by atoms with van der Waals surface area (Å²) in [6, 6.07) is 9.62. The molecule has 1 aliphatic carbocycles. The van der Waals surface area contributed by atoms with Gasteiger partial charge in [0.1, 0.15) is 11.6 Å². The highest BCUT2D eigenvalue weighted by Gasteiger charge is 2.29. The van der Waals surface area contributed by atoms with Crippen molar-refractivity contribution in [2.24, 2.45) is 0 Å². The zero-order valence-electron chi connectivity index (χ0n) is 11.8. The highest BCUT2D eigenvalue weighted by molar-refractivity contribution is 6.56. The van der Waals surface area contributed by atoms with Gasteiger partial charge in [-0.05, 0) is 12.5 Å². The molecule has 5 heteroatoms. The number of halogens is 2. The van der Waals surface area contributed by atoms with E-state index in [-0.39, 0.29) is 27.8 Å². The van der Waals surface area contributed by atoms with E-state index >= 15 is 0 Å². The molecule has 22 heavy (non-hydrogen) atoms. The van der Waals surface area contributed by atoms with Gasteiger partial charge in [0, 0.05) is 5.57 Å². The first-order valence-electron chi connectivity index (χ1n) is 6.48. The molecule has 0 N–H and O–H groups in total. The van der Waals surface area contributed by atoms with E-state index in [1.807, 2.05) is 30.3 Å². The van der Waals surface area contributed by atoms with Crippen LogP contribution in [0.2, 0.25) is 0 Å². The second-order valence-corrected chi connectivity index (χ2v) is 5.32. The molecule has 1 aromatic rings. The lowest BCUT2D eigenvalue weighted by Gasteiger charge is -2.11. The number of rotatable bonds is 3. The van der Waals surface area contributed by atoms with Crippen LogP contribution >= 0.6 is 23.2 Å². The number of hydrogen-bond acceptors (Lipinski definition) is 3. The molecule has 0 heterocycles. The number of ether oxygens (including phenoxy) is 1. The highest BCUT2D eigenvalue weighted by Crippen LogP contribution is 2.28. The Kier molecular flexibility index (Phi) is 5.57. The zero-order valence-corrected chi connectivity index (χ0v) is 13.3. The first-order chi connectivity index (χ1) is 10.5. The van der Waals surface area contributed by atoms with Gasteiger partial charge in [-0.1, -0.05) is 65.4 Å². The number of carbonyl (C=O) groups excluding carboxylic acids is 2. The van der Waals surface area contributed by atoms with Crippen LogP contribution in [0.1, 0.15) is 12.5 Å². The number of carbonyl (C=O) groups is 2. The lowest BCUT2D eigenvalue weighted by Crippen LogP contribution is -2.18. The molecule has 0 radical (unpaired) electrons. The summed E-state index contributed by atoms with van der Waals surface area (Å²) in [5.41, 5.74) is 1.08. The lowest BCUT2D eigenvalue weighted by atomic mass is 9.98. The van der Waals surface area contributed by atoms with Crippen LogP contribution in [-0.4, -0.2) is 18.2 Å². The van der Waals surface area contributed by atoms with Crippen molar-refractivity contribution >= 4 is 34.8 Å². The van der Waals surface area contributed by atoms with Crippen molar-refractivity contribution in [3.8, 4) is 11.8 Å². The molecule has 0 amide bonds. The summed E-state index contributed by atoms with van der Waals surface area (Å²) in [5, 5.41) is -0.327. The van der Waals surface area contributed by atoms with E-state index in [9.17, 15) is 9.59 Å². The Hall–Kier alpha value is -1.86. The molecule has 0 bridgehead atoms. The van der Waals surface area contributed by atoms with E-state index in [4.69, 9.17) is 27.9 Å². The summed E-state index contributed by atoms with van der Waals surface area (Å²) < 4.78 is 5.38. The smallest absolute Gasteiger partial charge is 0.214 e. The average molecular weight is 335 g/mol. The fraction of sp³-hybridized carbons (Fsp3) is 0.176. The van der Waals surface area contributed by atoms with Gasteiger partial charge in [-0.3, -0.25) is 9.59 Å².